The van der Waals surface area contributed by atoms with Crippen LogP contribution in [-0.2, 0) is 9.53 Å². The predicted octanol–water partition coefficient (Wildman–Crippen LogP) is 0.238. The van der Waals surface area contributed by atoms with E-state index in [4.69, 9.17) is 9.84 Å². The molecule has 116 valence electrons. The molecule has 0 bridgehead atoms. The number of aryl methyl sites for hydroxylation is 1. The number of aliphatic hydroxyl groups is 1. The summed E-state index contributed by atoms with van der Waals surface area (Å²) in [5, 5.41) is 14.2. The van der Waals surface area contributed by atoms with Gasteiger partial charge in [0.25, 0.3) is 5.91 Å². The third-order valence-electron chi connectivity index (χ3n) is 2.90. The number of benzene rings is 1. The van der Waals surface area contributed by atoms with Crippen LogP contribution in [0.25, 0.3) is 0 Å². The first-order valence-corrected chi connectivity index (χ1v) is 6.81. The van der Waals surface area contributed by atoms with Gasteiger partial charge in [-0.1, -0.05) is 17.7 Å². The van der Waals surface area contributed by atoms with Gasteiger partial charge in [0.2, 0.25) is 5.91 Å². The number of nitrogens with one attached hydrogen (secondary N) is 2. The number of methoxy groups -OCH3 is 1. The molecule has 1 aromatic rings. The fourth-order valence-electron chi connectivity index (χ4n) is 1.88. The Morgan fingerprint density at radius 1 is 1.38 bits per heavy atom. The Morgan fingerprint density at radius 3 is 2.76 bits per heavy atom. The molecule has 6 heteroatoms. The Morgan fingerprint density at radius 2 is 2.14 bits per heavy atom. The molecule has 0 aliphatic rings. The first-order chi connectivity index (χ1) is 10.1. The summed E-state index contributed by atoms with van der Waals surface area (Å²) in [5.74, 6) is -0.606. The van der Waals surface area contributed by atoms with Gasteiger partial charge in [0, 0.05) is 19.3 Å². The van der Waals surface area contributed by atoms with Crippen LogP contribution in [0.2, 0.25) is 0 Å². The van der Waals surface area contributed by atoms with Crippen molar-refractivity contribution >= 4 is 11.8 Å². The minimum atomic E-state index is -0.313. The van der Waals surface area contributed by atoms with Crippen molar-refractivity contribution < 1.29 is 19.4 Å². The maximum absolute atomic E-state index is 11.9. The summed E-state index contributed by atoms with van der Waals surface area (Å²) in [4.78, 5) is 23.6. The molecule has 21 heavy (non-hydrogen) atoms. The summed E-state index contributed by atoms with van der Waals surface area (Å²) >= 11 is 0. The molecule has 0 heterocycles. The lowest BCUT2D eigenvalue weighted by Gasteiger charge is -2.17. The second-order valence-electron chi connectivity index (χ2n) is 4.78. The van der Waals surface area contributed by atoms with Gasteiger partial charge in [-0.3, -0.25) is 9.59 Å². The minimum Gasteiger partial charge on any atom is -0.396 e. The molecule has 6 nitrogen and oxygen atoms in total. The van der Waals surface area contributed by atoms with Gasteiger partial charge in [0.15, 0.2) is 0 Å². The molecule has 1 aromatic carbocycles. The van der Waals surface area contributed by atoms with Gasteiger partial charge in [0.05, 0.1) is 19.2 Å². The number of amides is 2. The summed E-state index contributed by atoms with van der Waals surface area (Å²) in [6.07, 6.45) is 0.408. The molecule has 1 unspecified atom stereocenters. The van der Waals surface area contributed by atoms with Crippen LogP contribution in [0.5, 0.6) is 0 Å². The van der Waals surface area contributed by atoms with Crippen LogP contribution >= 0.6 is 0 Å². The van der Waals surface area contributed by atoms with Crippen LogP contribution in [-0.4, -0.2) is 49.8 Å². The van der Waals surface area contributed by atoms with Crippen molar-refractivity contribution in [2.75, 3.05) is 26.9 Å². The van der Waals surface area contributed by atoms with Crippen LogP contribution in [0.15, 0.2) is 24.3 Å². The van der Waals surface area contributed by atoms with Gasteiger partial charge in [-0.05, 0) is 25.5 Å². The van der Waals surface area contributed by atoms with E-state index in [1.807, 2.05) is 13.0 Å². The average molecular weight is 294 g/mol. The summed E-state index contributed by atoms with van der Waals surface area (Å²) in [5.41, 5.74) is 1.50. The largest absolute Gasteiger partial charge is 0.396 e. The Balaban J connectivity index is 2.43. The van der Waals surface area contributed by atoms with E-state index in [1.54, 1.807) is 18.2 Å². The van der Waals surface area contributed by atoms with E-state index in [0.29, 0.717) is 18.6 Å². The van der Waals surface area contributed by atoms with Crippen molar-refractivity contribution in [1.82, 2.24) is 10.6 Å². The second kappa shape index (κ2) is 9.10. The Hall–Kier alpha value is -1.92. The zero-order valence-corrected chi connectivity index (χ0v) is 12.4. The molecular formula is C15H22N2O4. The highest BCUT2D eigenvalue weighted by Crippen LogP contribution is 2.03. The Labute approximate surface area is 124 Å². The zero-order valence-electron chi connectivity index (χ0n) is 12.4. The lowest BCUT2D eigenvalue weighted by Crippen LogP contribution is -2.44. The molecule has 0 aliphatic carbocycles. The van der Waals surface area contributed by atoms with Crippen molar-refractivity contribution in [1.29, 1.82) is 0 Å². The van der Waals surface area contributed by atoms with E-state index in [0.717, 1.165) is 5.56 Å². The number of hydrogen-bond donors (Lipinski definition) is 3. The molecule has 1 atom stereocenters. The number of ether oxygens (including phenoxy) is 1. The van der Waals surface area contributed by atoms with E-state index in [2.05, 4.69) is 10.6 Å². The average Bonchev–Trinajstić information content (AvgIpc) is 2.45. The van der Waals surface area contributed by atoms with Gasteiger partial charge in [-0.15, -0.1) is 0 Å². The maximum atomic E-state index is 11.9. The van der Waals surface area contributed by atoms with Gasteiger partial charge < -0.3 is 20.5 Å². The van der Waals surface area contributed by atoms with Crippen molar-refractivity contribution in [3.05, 3.63) is 35.4 Å². The normalized spacial score (nSPS) is 11.8. The van der Waals surface area contributed by atoms with E-state index in [-0.39, 0.29) is 31.0 Å². The lowest BCUT2D eigenvalue weighted by molar-refractivity contribution is -0.121. The summed E-state index contributed by atoms with van der Waals surface area (Å²) in [6, 6.07) is 6.88. The Kier molecular flexibility index (Phi) is 7.42. The molecular weight excluding hydrogens is 272 g/mol. The quantitative estimate of drug-likeness (QED) is 0.641. The van der Waals surface area contributed by atoms with E-state index < -0.39 is 0 Å². The molecule has 2 amide bonds. The third kappa shape index (κ3) is 6.37. The van der Waals surface area contributed by atoms with Crippen LogP contribution < -0.4 is 10.6 Å². The van der Waals surface area contributed by atoms with Crippen molar-refractivity contribution in [3.8, 4) is 0 Å². The third-order valence-corrected chi connectivity index (χ3v) is 2.90. The molecule has 0 spiro atoms. The van der Waals surface area contributed by atoms with Gasteiger partial charge in [-0.25, -0.2) is 0 Å². The SMILES string of the molecule is COCC(CCO)NC(=O)CNC(=O)c1cccc(C)c1. The number of carbonyl (C=O) groups is 2. The first-order valence-electron chi connectivity index (χ1n) is 6.81. The van der Waals surface area contributed by atoms with Crippen LogP contribution in [0.1, 0.15) is 22.3 Å². The monoisotopic (exact) mass is 294 g/mol. The van der Waals surface area contributed by atoms with Crippen LogP contribution in [0.3, 0.4) is 0 Å². The lowest BCUT2D eigenvalue weighted by atomic mass is 10.1. The zero-order chi connectivity index (χ0) is 15.7. The van der Waals surface area contributed by atoms with E-state index >= 15 is 0 Å². The fourth-order valence-corrected chi connectivity index (χ4v) is 1.88. The summed E-state index contributed by atoms with van der Waals surface area (Å²) in [7, 11) is 1.52. The van der Waals surface area contributed by atoms with Gasteiger partial charge >= 0.3 is 0 Å². The number of hydrogen-bond acceptors (Lipinski definition) is 4. The minimum absolute atomic E-state index is 0.0377. The topological polar surface area (TPSA) is 87.7 Å². The summed E-state index contributed by atoms with van der Waals surface area (Å²) in [6.45, 7) is 2.06. The molecule has 3 N–H and O–H groups in total. The van der Waals surface area contributed by atoms with Crippen molar-refractivity contribution in [2.24, 2.45) is 0 Å². The highest BCUT2D eigenvalue weighted by atomic mass is 16.5. The number of rotatable bonds is 8. The molecule has 0 saturated carbocycles. The molecule has 0 radical (unpaired) electrons. The number of aliphatic hydroxyl groups excluding tert-OH is 1. The predicted molar refractivity (Wildman–Crippen MR) is 79.0 cm³/mol. The van der Waals surface area contributed by atoms with E-state index in [9.17, 15) is 9.59 Å². The molecule has 0 aromatic heterocycles. The molecule has 0 fully saturated rings. The molecule has 1 rings (SSSR count). The van der Waals surface area contributed by atoms with Crippen molar-refractivity contribution in [2.45, 2.75) is 19.4 Å². The molecule has 0 saturated heterocycles. The number of carbonyl (C=O) groups excluding carboxylic acids is 2. The summed E-state index contributed by atoms with van der Waals surface area (Å²) < 4.78 is 4.95. The first kappa shape index (κ1) is 17.1. The van der Waals surface area contributed by atoms with Crippen LogP contribution in [0.4, 0.5) is 0 Å². The second-order valence-corrected chi connectivity index (χ2v) is 4.78. The maximum Gasteiger partial charge on any atom is 0.251 e. The Bertz CT molecular complexity index is 470. The van der Waals surface area contributed by atoms with Gasteiger partial charge in [-0.2, -0.15) is 0 Å². The van der Waals surface area contributed by atoms with Gasteiger partial charge in [0.1, 0.15) is 0 Å². The van der Waals surface area contributed by atoms with Crippen molar-refractivity contribution in [3.63, 3.8) is 0 Å². The fraction of sp³-hybridized carbons (Fsp3) is 0.467. The highest BCUT2D eigenvalue weighted by Gasteiger charge is 2.13. The molecule has 0 aliphatic heterocycles. The standard InChI is InChI=1S/C15H22N2O4/c1-11-4-3-5-12(8-11)15(20)16-9-14(19)17-13(6-7-18)10-21-2/h3-5,8,13,18H,6-7,9-10H2,1-2H3,(H,16,20)(H,17,19). The highest BCUT2D eigenvalue weighted by molar-refractivity contribution is 5.96. The van der Waals surface area contributed by atoms with Crippen LogP contribution in [0, 0.1) is 6.92 Å². The van der Waals surface area contributed by atoms with E-state index in [1.165, 1.54) is 7.11 Å². The smallest absolute Gasteiger partial charge is 0.251 e.